The monoisotopic (exact) mass is 712 g/mol. The minimum atomic E-state index is -0.166. The summed E-state index contributed by atoms with van der Waals surface area (Å²) in [6.07, 6.45) is 2.91. The third-order valence-corrected chi connectivity index (χ3v) is 10.2. The summed E-state index contributed by atoms with van der Waals surface area (Å²) in [5, 5.41) is 9.75. The van der Waals surface area contributed by atoms with E-state index in [-0.39, 0.29) is 23.9 Å². The molecule has 1 aliphatic carbocycles. The van der Waals surface area contributed by atoms with Crippen molar-refractivity contribution >= 4 is 80.0 Å². The summed E-state index contributed by atoms with van der Waals surface area (Å²) in [6, 6.07) is 29.3. The van der Waals surface area contributed by atoms with Crippen molar-refractivity contribution < 1.29 is 9.59 Å². The summed E-state index contributed by atoms with van der Waals surface area (Å²) in [5.74, 6) is -0.332. The van der Waals surface area contributed by atoms with Gasteiger partial charge in [0.15, 0.2) is 0 Å². The van der Waals surface area contributed by atoms with Gasteiger partial charge in [-0.1, -0.05) is 94.9 Å². The van der Waals surface area contributed by atoms with Gasteiger partial charge in [0.05, 0.1) is 53.6 Å². The van der Waals surface area contributed by atoms with Crippen LogP contribution in [-0.2, 0) is 0 Å². The van der Waals surface area contributed by atoms with Gasteiger partial charge in [-0.25, -0.2) is 9.97 Å². The highest BCUT2D eigenvalue weighted by Crippen LogP contribution is 2.32. The second-order valence-corrected chi connectivity index (χ2v) is 13.5. The van der Waals surface area contributed by atoms with Crippen molar-refractivity contribution in [3.63, 3.8) is 0 Å². The summed E-state index contributed by atoms with van der Waals surface area (Å²) in [6.45, 7) is 0. The fourth-order valence-electron chi connectivity index (χ4n) is 6.24. The molecule has 1 saturated carbocycles. The lowest BCUT2D eigenvalue weighted by molar-refractivity contribution is 0.0893. The maximum absolute atomic E-state index is 13.7. The number of para-hydroxylation sites is 2. The third kappa shape index (κ3) is 6.71. The highest BCUT2D eigenvalue weighted by Gasteiger charge is 2.26. The van der Waals surface area contributed by atoms with Crippen LogP contribution in [0.15, 0.2) is 97.1 Å². The molecule has 0 spiro atoms. The first kappa shape index (κ1) is 32.4. The average molecular weight is 714 g/mol. The first-order valence-corrected chi connectivity index (χ1v) is 17.1. The van der Waals surface area contributed by atoms with E-state index in [2.05, 4.69) is 10.6 Å². The van der Waals surface area contributed by atoms with Gasteiger partial charge < -0.3 is 10.6 Å². The molecule has 1 aliphatic rings. The van der Waals surface area contributed by atoms with Crippen LogP contribution >= 0.6 is 46.4 Å². The summed E-state index contributed by atoms with van der Waals surface area (Å²) in [5.41, 5.74) is 5.31. The van der Waals surface area contributed by atoms with Gasteiger partial charge in [0, 0.05) is 34.0 Å². The van der Waals surface area contributed by atoms with E-state index < -0.39 is 0 Å². The van der Waals surface area contributed by atoms with E-state index >= 15 is 0 Å². The number of nitrogens with zero attached hydrogens (tertiary/aromatic N) is 2. The van der Waals surface area contributed by atoms with E-state index in [1.165, 1.54) is 0 Å². The maximum atomic E-state index is 13.7. The number of carbonyl (C=O) groups excluding carboxylic acids is 2. The molecule has 0 bridgehead atoms. The average Bonchev–Trinajstić information content (AvgIpc) is 3.10. The number of hydrogen-bond acceptors (Lipinski definition) is 4. The van der Waals surface area contributed by atoms with Crippen molar-refractivity contribution in [3.8, 4) is 22.5 Å². The number of nitrogens with one attached hydrogen (secondary N) is 2. The lowest BCUT2D eigenvalue weighted by atomic mass is 9.90. The fourth-order valence-corrected chi connectivity index (χ4v) is 6.84. The number of rotatable bonds is 6. The smallest absolute Gasteiger partial charge is 0.252 e. The Balaban J connectivity index is 1.05. The Morgan fingerprint density at radius 2 is 0.917 bits per heavy atom. The molecule has 2 aromatic heterocycles. The Kier molecular flexibility index (Phi) is 9.25. The van der Waals surface area contributed by atoms with Crippen molar-refractivity contribution in [2.45, 2.75) is 37.8 Å². The number of fused-ring (bicyclic) bond motifs is 2. The summed E-state index contributed by atoms with van der Waals surface area (Å²) in [7, 11) is 0. The quantitative estimate of drug-likeness (QED) is 0.180. The van der Waals surface area contributed by atoms with Crippen LogP contribution in [0, 0.1) is 0 Å². The van der Waals surface area contributed by atoms with Crippen molar-refractivity contribution in [3.05, 3.63) is 128 Å². The van der Waals surface area contributed by atoms with Gasteiger partial charge in [-0.2, -0.15) is 0 Å². The van der Waals surface area contributed by atoms with Gasteiger partial charge in [-0.3, -0.25) is 9.59 Å². The molecule has 10 heteroatoms. The van der Waals surface area contributed by atoms with Gasteiger partial charge in [0.25, 0.3) is 11.8 Å². The van der Waals surface area contributed by atoms with Crippen LogP contribution in [0.5, 0.6) is 0 Å². The predicted octanol–water partition coefficient (Wildman–Crippen LogP) is 10.2. The molecule has 2 N–H and O–H groups in total. The van der Waals surface area contributed by atoms with Crippen LogP contribution < -0.4 is 10.6 Å². The molecule has 7 rings (SSSR count). The number of amides is 2. The van der Waals surface area contributed by atoms with Crippen LogP contribution in [0.4, 0.5) is 0 Å². The SMILES string of the molecule is O=C(NC1CCC(NC(=O)c2cc(-c3ccc(Cl)c(Cl)c3)nc3ccccc23)CC1)c1cc(-c2ccc(Cl)c(Cl)c2)nc2ccccc12. The number of hydrogen-bond donors (Lipinski definition) is 2. The number of halogens is 4. The van der Waals surface area contributed by atoms with Crippen molar-refractivity contribution in [2.75, 3.05) is 0 Å². The summed E-state index contributed by atoms with van der Waals surface area (Å²) < 4.78 is 0. The molecule has 0 aliphatic heterocycles. The minimum absolute atomic E-state index is 0.0333. The molecule has 0 atom stereocenters. The van der Waals surface area contributed by atoms with E-state index in [4.69, 9.17) is 56.4 Å². The Morgan fingerprint density at radius 1 is 0.521 bits per heavy atom. The van der Waals surface area contributed by atoms with Gasteiger partial charge in [0.1, 0.15) is 0 Å². The Bertz CT molecular complexity index is 2060. The largest absolute Gasteiger partial charge is 0.349 e. The molecule has 48 heavy (non-hydrogen) atoms. The molecule has 2 heterocycles. The number of pyridine rings is 2. The van der Waals surface area contributed by atoms with Crippen molar-refractivity contribution in [1.29, 1.82) is 0 Å². The van der Waals surface area contributed by atoms with Crippen LogP contribution in [0.1, 0.15) is 46.4 Å². The van der Waals surface area contributed by atoms with E-state index in [1.54, 1.807) is 36.4 Å². The molecule has 6 nitrogen and oxygen atoms in total. The highest BCUT2D eigenvalue weighted by molar-refractivity contribution is 6.42. The standard InChI is InChI=1S/C38H28Cl4N4O2/c39-29-15-9-21(17-31(29)41)35-19-27(25-5-1-3-7-33(25)45-35)37(47)43-23-11-13-24(14-12-23)44-38(48)28-20-36(22-10-16-30(40)32(42)18-22)46-34-8-4-2-6-26(28)34/h1-10,15-20,23-24H,11-14H2,(H,43,47)(H,44,48). The van der Waals surface area contributed by atoms with E-state index in [0.717, 1.165) is 47.6 Å². The number of carbonyl (C=O) groups is 2. The molecule has 240 valence electrons. The Hall–Kier alpha value is -4.20. The fraction of sp³-hybridized carbons (Fsp3) is 0.158. The molecule has 4 aromatic carbocycles. The second-order valence-electron chi connectivity index (χ2n) is 11.9. The number of aromatic nitrogens is 2. The number of benzene rings is 4. The zero-order chi connectivity index (χ0) is 33.4. The molecule has 0 saturated heterocycles. The molecule has 0 unspecified atom stereocenters. The van der Waals surface area contributed by atoms with E-state index in [0.29, 0.717) is 53.6 Å². The van der Waals surface area contributed by atoms with E-state index in [1.807, 2.05) is 60.7 Å². The van der Waals surface area contributed by atoms with Gasteiger partial charge in [-0.05, 0) is 74.2 Å². The third-order valence-electron chi connectivity index (χ3n) is 8.75. The van der Waals surface area contributed by atoms with Crippen LogP contribution in [0.25, 0.3) is 44.3 Å². The van der Waals surface area contributed by atoms with Gasteiger partial charge in [-0.15, -0.1) is 0 Å². The lowest BCUT2D eigenvalue weighted by Crippen LogP contribution is -2.44. The molecule has 1 fully saturated rings. The van der Waals surface area contributed by atoms with Gasteiger partial charge in [0.2, 0.25) is 0 Å². The summed E-state index contributed by atoms with van der Waals surface area (Å²) in [4.78, 5) is 37.0. The second kappa shape index (κ2) is 13.7. The maximum Gasteiger partial charge on any atom is 0.252 e. The zero-order valence-corrected chi connectivity index (χ0v) is 28.5. The topological polar surface area (TPSA) is 84.0 Å². The van der Waals surface area contributed by atoms with Crippen LogP contribution in [-0.4, -0.2) is 33.9 Å². The molecular weight excluding hydrogens is 686 g/mol. The molecule has 2 amide bonds. The predicted molar refractivity (Wildman–Crippen MR) is 195 cm³/mol. The Labute approximate surface area is 297 Å². The normalized spacial score (nSPS) is 16.2. The van der Waals surface area contributed by atoms with Crippen LogP contribution in [0.3, 0.4) is 0 Å². The lowest BCUT2D eigenvalue weighted by Gasteiger charge is -2.30. The van der Waals surface area contributed by atoms with Gasteiger partial charge >= 0.3 is 0 Å². The minimum Gasteiger partial charge on any atom is -0.349 e. The summed E-state index contributed by atoms with van der Waals surface area (Å²) >= 11 is 24.8. The molecular formula is C38H28Cl4N4O2. The van der Waals surface area contributed by atoms with E-state index in [9.17, 15) is 9.59 Å². The zero-order valence-electron chi connectivity index (χ0n) is 25.4. The highest BCUT2D eigenvalue weighted by atomic mass is 35.5. The molecule has 6 aromatic rings. The Morgan fingerprint density at radius 3 is 1.31 bits per heavy atom. The van der Waals surface area contributed by atoms with Crippen molar-refractivity contribution in [1.82, 2.24) is 20.6 Å². The van der Waals surface area contributed by atoms with Crippen LogP contribution in [0.2, 0.25) is 20.1 Å². The van der Waals surface area contributed by atoms with Crippen molar-refractivity contribution in [2.24, 2.45) is 0 Å². The molecule has 0 radical (unpaired) electrons. The first-order chi connectivity index (χ1) is 23.2. The first-order valence-electron chi connectivity index (χ1n) is 15.6.